The van der Waals surface area contributed by atoms with E-state index in [1.54, 1.807) is 0 Å². The molecule has 0 N–H and O–H groups in total. The molecule has 2 heteroatoms. The fraction of sp³-hybridized carbons (Fsp3) is 1.00. The second kappa shape index (κ2) is 3.36. The molecule has 1 atom stereocenters. The highest BCUT2D eigenvalue weighted by molar-refractivity contribution is 7.99. The van der Waals surface area contributed by atoms with Crippen molar-refractivity contribution in [1.82, 2.24) is 0 Å². The molecule has 64 valence electrons. The molecule has 2 fully saturated rings. The molecule has 0 aromatic carbocycles. The highest BCUT2D eigenvalue weighted by atomic mass is 32.2. The van der Waals surface area contributed by atoms with E-state index >= 15 is 0 Å². The Morgan fingerprint density at radius 2 is 2.18 bits per heavy atom. The predicted molar refractivity (Wildman–Crippen MR) is 49.0 cm³/mol. The van der Waals surface area contributed by atoms with Gasteiger partial charge in [0.1, 0.15) is 0 Å². The Balaban J connectivity index is 1.97. The van der Waals surface area contributed by atoms with Crippen molar-refractivity contribution in [1.29, 1.82) is 0 Å². The lowest BCUT2D eigenvalue weighted by atomic mass is 9.84. The topological polar surface area (TPSA) is 9.23 Å². The summed E-state index contributed by atoms with van der Waals surface area (Å²) in [7, 11) is 0. The molecule has 0 saturated carbocycles. The van der Waals surface area contributed by atoms with Crippen LogP contribution in [0.3, 0.4) is 0 Å². The number of thioether (sulfide) groups is 1. The van der Waals surface area contributed by atoms with Crippen molar-refractivity contribution in [3.8, 4) is 0 Å². The molecule has 0 aliphatic carbocycles. The molecule has 2 rings (SSSR count). The second-order valence-corrected chi connectivity index (χ2v) is 4.92. The standard InChI is InChI=1S/C9H16OS/c1-2-5-10-7-9(3-1)4-6-11-8-9/h1-8H2. The first kappa shape index (κ1) is 7.93. The van der Waals surface area contributed by atoms with Crippen molar-refractivity contribution in [2.75, 3.05) is 24.7 Å². The van der Waals surface area contributed by atoms with E-state index in [4.69, 9.17) is 4.74 Å². The monoisotopic (exact) mass is 172 g/mol. The van der Waals surface area contributed by atoms with Gasteiger partial charge in [-0.3, -0.25) is 0 Å². The minimum Gasteiger partial charge on any atom is -0.381 e. The highest BCUT2D eigenvalue weighted by Crippen LogP contribution is 2.41. The van der Waals surface area contributed by atoms with Gasteiger partial charge in [0.2, 0.25) is 0 Å². The first-order valence-corrected chi connectivity index (χ1v) is 5.72. The lowest BCUT2D eigenvalue weighted by Gasteiger charge is -2.24. The Hall–Kier alpha value is 0.310. The summed E-state index contributed by atoms with van der Waals surface area (Å²) < 4.78 is 5.62. The van der Waals surface area contributed by atoms with Crippen LogP contribution in [0.4, 0.5) is 0 Å². The average Bonchev–Trinajstić information content (AvgIpc) is 2.32. The van der Waals surface area contributed by atoms with Gasteiger partial charge >= 0.3 is 0 Å². The molecular weight excluding hydrogens is 156 g/mol. The molecule has 1 spiro atoms. The minimum atomic E-state index is 0.598. The van der Waals surface area contributed by atoms with Crippen LogP contribution in [0.15, 0.2) is 0 Å². The summed E-state index contributed by atoms with van der Waals surface area (Å²) >= 11 is 2.11. The van der Waals surface area contributed by atoms with Crippen molar-refractivity contribution in [2.24, 2.45) is 5.41 Å². The minimum absolute atomic E-state index is 0.598. The van der Waals surface area contributed by atoms with Crippen LogP contribution in [0.1, 0.15) is 25.7 Å². The summed E-state index contributed by atoms with van der Waals surface area (Å²) in [6.45, 7) is 2.05. The summed E-state index contributed by atoms with van der Waals surface area (Å²) in [6.07, 6.45) is 5.49. The zero-order valence-electron chi connectivity index (χ0n) is 6.97. The molecule has 0 aromatic rings. The Labute approximate surface area is 72.9 Å². The van der Waals surface area contributed by atoms with Gasteiger partial charge in [-0.15, -0.1) is 0 Å². The molecule has 0 bridgehead atoms. The van der Waals surface area contributed by atoms with Crippen LogP contribution < -0.4 is 0 Å². The maximum atomic E-state index is 5.62. The lowest BCUT2D eigenvalue weighted by Crippen LogP contribution is -2.24. The van der Waals surface area contributed by atoms with E-state index in [0.29, 0.717) is 5.41 Å². The molecule has 0 aromatic heterocycles. The third-order valence-corrected chi connectivity index (χ3v) is 4.15. The summed E-state index contributed by atoms with van der Waals surface area (Å²) in [5.41, 5.74) is 0.598. The third kappa shape index (κ3) is 1.73. The van der Waals surface area contributed by atoms with Crippen molar-refractivity contribution in [2.45, 2.75) is 25.7 Å². The van der Waals surface area contributed by atoms with Gasteiger partial charge in [-0.2, -0.15) is 11.8 Å². The largest absolute Gasteiger partial charge is 0.381 e. The van der Waals surface area contributed by atoms with E-state index in [2.05, 4.69) is 11.8 Å². The molecule has 1 nitrogen and oxygen atoms in total. The normalized spacial score (nSPS) is 39.3. The van der Waals surface area contributed by atoms with E-state index in [-0.39, 0.29) is 0 Å². The third-order valence-electron chi connectivity index (χ3n) is 2.84. The number of ether oxygens (including phenoxy) is 1. The maximum absolute atomic E-state index is 5.62. The van der Waals surface area contributed by atoms with E-state index < -0.39 is 0 Å². The van der Waals surface area contributed by atoms with Crippen molar-refractivity contribution < 1.29 is 4.74 Å². The Morgan fingerprint density at radius 3 is 3.00 bits per heavy atom. The van der Waals surface area contributed by atoms with Gasteiger partial charge in [0.15, 0.2) is 0 Å². The molecular formula is C9H16OS. The first-order valence-electron chi connectivity index (χ1n) is 4.57. The van der Waals surface area contributed by atoms with Crippen LogP contribution in [0.5, 0.6) is 0 Å². The van der Waals surface area contributed by atoms with Crippen LogP contribution in [0.2, 0.25) is 0 Å². The molecule has 0 radical (unpaired) electrons. The SMILES string of the molecule is C1CCC2(CCSC2)COC1. The van der Waals surface area contributed by atoms with Crippen molar-refractivity contribution >= 4 is 11.8 Å². The maximum Gasteiger partial charge on any atom is 0.0530 e. The fourth-order valence-corrected chi connectivity index (χ4v) is 3.55. The van der Waals surface area contributed by atoms with Gasteiger partial charge in [-0.25, -0.2) is 0 Å². The summed E-state index contributed by atoms with van der Waals surface area (Å²) in [5.74, 6) is 2.72. The van der Waals surface area contributed by atoms with Crippen LogP contribution in [0.25, 0.3) is 0 Å². The fourth-order valence-electron chi connectivity index (χ4n) is 2.03. The van der Waals surface area contributed by atoms with Gasteiger partial charge in [-0.05, 0) is 25.0 Å². The van der Waals surface area contributed by atoms with Crippen molar-refractivity contribution in [3.63, 3.8) is 0 Å². The zero-order valence-corrected chi connectivity index (χ0v) is 7.79. The molecule has 1 unspecified atom stereocenters. The number of rotatable bonds is 0. The Bertz CT molecular complexity index is 120. The smallest absolute Gasteiger partial charge is 0.0530 e. The quantitative estimate of drug-likeness (QED) is 0.554. The highest BCUT2D eigenvalue weighted by Gasteiger charge is 2.35. The van der Waals surface area contributed by atoms with E-state index in [0.717, 1.165) is 13.2 Å². The van der Waals surface area contributed by atoms with Gasteiger partial charge in [0.25, 0.3) is 0 Å². The van der Waals surface area contributed by atoms with Crippen molar-refractivity contribution in [3.05, 3.63) is 0 Å². The average molecular weight is 172 g/mol. The number of hydrogen-bond acceptors (Lipinski definition) is 2. The molecule has 2 saturated heterocycles. The molecule has 2 aliphatic heterocycles. The van der Waals surface area contributed by atoms with Crippen LogP contribution in [-0.2, 0) is 4.74 Å². The van der Waals surface area contributed by atoms with Gasteiger partial charge in [0.05, 0.1) is 6.61 Å². The molecule has 11 heavy (non-hydrogen) atoms. The van der Waals surface area contributed by atoms with Gasteiger partial charge in [-0.1, -0.05) is 6.42 Å². The predicted octanol–water partition coefficient (Wildman–Crippen LogP) is 2.31. The lowest BCUT2D eigenvalue weighted by molar-refractivity contribution is 0.0744. The number of hydrogen-bond donors (Lipinski definition) is 0. The molecule has 2 aliphatic rings. The van der Waals surface area contributed by atoms with E-state index in [9.17, 15) is 0 Å². The summed E-state index contributed by atoms with van der Waals surface area (Å²) in [4.78, 5) is 0. The molecule has 2 heterocycles. The summed E-state index contributed by atoms with van der Waals surface area (Å²) in [6, 6.07) is 0. The molecule has 0 amide bonds. The Morgan fingerprint density at radius 1 is 1.18 bits per heavy atom. The van der Waals surface area contributed by atoms with Gasteiger partial charge in [0, 0.05) is 17.8 Å². The van der Waals surface area contributed by atoms with Crippen LogP contribution in [0, 0.1) is 5.41 Å². The van der Waals surface area contributed by atoms with Crippen LogP contribution in [-0.4, -0.2) is 24.7 Å². The van der Waals surface area contributed by atoms with Gasteiger partial charge < -0.3 is 4.74 Å². The van der Waals surface area contributed by atoms with Crippen LogP contribution >= 0.6 is 11.8 Å². The van der Waals surface area contributed by atoms with E-state index in [1.807, 2.05) is 0 Å². The summed E-state index contributed by atoms with van der Waals surface area (Å²) in [5, 5.41) is 0. The first-order chi connectivity index (χ1) is 5.41. The zero-order chi connectivity index (χ0) is 7.57. The Kier molecular flexibility index (Phi) is 2.42. The van der Waals surface area contributed by atoms with E-state index in [1.165, 1.54) is 37.2 Å². The second-order valence-electron chi connectivity index (χ2n) is 3.81.